The van der Waals surface area contributed by atoms with Crippen LogP contribution >= 0.6 is 23.6 Å². The van der Waals surface area contributed by atoms with Crippen LogP contribution in [0.5, 0.6) is 0 Å². The summed E-state index contributed by atoms with van der Waals surface area (Å²) in [6.45, 7) is 0. The molecule has 2 N–H and O–H groups in total. The van der Waals surface area contributed by atoms with Crippen molar-refractivity contribution in [3.63, 3.8) is 0 Å². The Balaban J connectivity index is 3.20. The minimum atomic E-state index is -5.00. The predicted molar refractivity (Wildman–Crippen MR) is 56.1 cm³/mol. The van der Waals surface area contributed by atoms with E-state index < -0.39 is 29.0 Å². The van der Waals surface area contributed by atoms with Gasteiger partial charge in [0.2, 0.25) is 5.60 Å². The van der Waals surface area contributed by atoms with Gasteiger partial charge in [-0.05, 0) is 12.2 Å². The Bertz CT molecular complexity index is 467. The van der Waals surface area contributed by atoms with E-state index in [1.165, 1.54) is 0 Å². The Morgan fingerprint density at radius 2 is 2.24 bits per heavy atom. The van der Waals surface area contributed by atoms with E-state index in [1.807, 2.05) is 0 Å². The number of aromatic nitrogens is 1. The number of nitrogens with one attached hydrogen (secondary N) is 1. The van der Waals surface area contributed by atoms with Gasteiger partial charge < -0.3 is 14.8 Å². The molecule has 1 rings (SSSR count). The lowest BCUT2D eigenvalue weighted by molar-refractivity contribution is -0.268. The van der Waals surface area contributed by atoms with Crippen LogP contribution in [0.15, 0.2) is 6.20 Å². The maximum atomic E-state index is 12.8. The van der Waals surface area contributed by atoms with Crippen LogP contribution in [-0.2, 0) is 15.1 Å². The second-order valence-electron chi connectivity index (χ2n) is 3.15. The number of hydrogen-bond donors (Lipinski definition) is 2. The van der Waals surface area contributed by atoms with E-state index in [9.17, 15) is 23.1 Å². The zero-order valence-corrected chi connectivity index (χ0v) is 10.1. The number of alkyl halides is 3. The summed E-state index contributed by atoms with van der Waals surface area (Å²) in [4.78, 5) is 12.8. The average molecular weight is 287 g/mol. The molecule has 0 saturated carbocycles. The topological polar surface area (TPSA) is 62.3 Å². The van der Waals surface area contributed by atoms with Gasteiger partial charge in [0.15, 0.2) is 3.95 Å². The summed E-state index contributed by atoms with van der Waals surface area (Å²) in [5, 5.41) is 9.65. The molecular weight excluding hydrogens is 279 g/mol. The number of carbonyl (C=O) groups is 1. The number of halogens is 3. The van der Waals surface area contributed by atoms with Crippen molar-refractivity contribution >= 4 is 29.5 Å². The number of ether oxygens (including phenoxy) is 1. The molecule has 0 bridgehead atoms. The minimum Gasteiger partial charge on any atom is -0.469 e. The fourth-order valence-electron chi connectivity index (χ4n) is 1.10. The number of H-pyrrole nitrogens is 1. The zero-order chi connectivity index (χ0) is 13.3. The van der Waals surface area contributed by atoms with Gasteiger partial charge >= 0.3 is 12.1 Å². The van der Waals surface area contributed by atoms with E-state index in [-0.39, 0.29) is 3.95 Å². The van der Waals surface area contributed by atoms with Gasteiger partial charge in [-0.25, -0.2) is 0 Å². The van der Waals surface area contributed by atoms with Crippen LogP contribution in [0.4, 0.5) is 13.2 Å². The number of rotatable bonds is 3. The van der Waals surface area contributed by atoms with Gasteiger partial charge in [0, 0.05) is 6.20 Å². The maximum Gasteiger partial charge on any atom is 0.422 e. The molecule has 1 unspecified atom stereocenters. The lowest BCUT2D eigenvalue weighted by atomic mass is 9.97. The molecule has 0 saturated heterocycles. The highest BCUT2D eigenvalue weighted by molar-refractivity contribution is 7.73. The third-order valence-corrected chi connectivity index (χ3v) is 3.37. The first-order valence-corrected chi connectivity index (χ1v) is 5.48. The van der Waals surface area contributed by atoms with Crippen molar-refractivity contribution in [1.29, 1.82) is 0 Å². The number of methoxy groups -OCH3 is 1. The lowest BCUT2D eigenvalue weighted by Crippen LogP contribution is -2.43. The summed E-state index contributed by atoms with van der Waals surface area (Å²) in [6.07, 6.45) is -5.28. The van der Waals surface area contributed by atoms with Gasteiger partial charge in [-0.3, -0.25) is 4.79 Å². The van der Waals surface area contributed by atoms with Crippen LogP contribution in [0.25, 0.3) is 0 Å². The summed E-state index contributed by atoms with van der Waals surface area (Å²) < 4.78 is 42.6. The molecule has 0 aliphatic heterocycles. The minimum absolute atomic E-state index is 0.0764. The Hall–Kier alpha value is -0.930. The molecule has 0 aromatic carbocycles. The molecule has 96 valence electrons. The largest absolute Gasteiger partial charge is 0.469 e. The molecule has 1 heterocycles. The smallest absolute Gasteiger partial charge is 0.422 e. The molecule has 0 radical (unpaired) electrons. The van der Waals surface area contributed by atoms with Crippen molar-refractivity contribution in [3.05, 3.63) is 15.0 Å². The Kier molecular flexibility index (Phi) is 3.95. The number of aliphatic hydroxyl groups is 1. The molecule has 0 aliphatic carbocycles. The molecule has 1 aromatic heterocycles. The third kappa shape index (κ3) is 2.85. The third-order valence-electron chi connectivity index (χ3n) is 2.03. The highest BCUT2D eigenvalue weighted by atomic mass is 32.1. The van der Waals surface area contributed by atoms with Crippen molar-refractivity contribution < 1.29 is 27.8 Å². The number of esters is 1. The van der Waals surface area contributed by atoms with Crippen LogP contribution in [0.3, 0.4) is 0 Å². The highest BCUT2D eigenvalue weighted by Gasteiger charge is 2.57. The molecule has 1 aromatic rings. The number of hydrogen-bond acceptors (Lipinski definition) is 5. The summed E-state index contributed by atoms with van der Waals surface area (Å²) >= 11 is 5.19. The number of aromatic amines is 1. The van der Waals surface area contributed by atoms with Crippen LogP contribution < -0.4 is 0 Å². The summed E-state index contributed by atoms with van der Waals surface area (Å²) in [5.41, 5.74) is -3.28. The second kappa shape index (κ2) is 4.75. The van der Waals surface area contributed by atoms with Crippen molar-refractivity contribution in [1.82, 2.24) is 4.98 Å². The zero-order valence-electron chi connectivity index (χ0n) is 8.50. The Morgan fingerprint density at radius 1 is 1.65 bits per heavy atom. The average Bonchev–Trinajstić information content (AvgIpc) is 2.63. The molecule has 1 atom stereocenters. The van der Waals surface area contributed by atoms with Gasteiger partial charge in [0.05, 0.1) is 18.4 Å². The molecule has 0 fully saturated rings. The SMILES string of the molecule is COC(=O)CC(O)(c1c[nH]c(=S)s1)C(F)(F)F. The van der Waals surface area contributed by atoms with Crippen LogP contribution in [-0.4, -0.2) is 29.3 Å². The van der Waals surface area contributed by atoms with Crippen LogP contribution in [0.1, 0.15) is 11.3 Å². The molecule has 9 heteroatoms. The van der Waals surface area contributed by atoms with E-state index in [0.29, 0.717) is 11.3 Å². The monoisotopic (exact) mass is 287 g/mol. The van der Waals surface area contributed by atoms with E-state index in [4.69, 9.17) is 0 Å². The van der Waals surface area contributed by atoms with Crippen molar-refractivity contribution in [2.24, 2.45) is 0 Å². The summed E-state index contributed by atoms with van der Waals surface area (Å²) in [7, 11) is 0.943. The normalized spacial score (nSPS) is 15.4. The molecule has 4 nitrogen and oxygen atoms in total. The standard InChI is InChI=1S/C8H8F3NO3S2/c1-15-5(13)2-7(14,8(9,10)11)4-3-12-6(16)17-4/h3,14H,2H2,1H3,(H,12,16). The molecule has 0 aliphatic rings. The van der Waals surface area contributed by atoms with E-state index >= 15 is 0 Å². The van der Waals surface area contributed by atoms with Crippen LogP contribution in [0, 0.1) is 3.95 Å². The molecular formula is C8H8F3NO3S2. The van der Waals surface area contributed by atoms with Crippen LogP contribution in [0.2, 0.25) is 0 Å². The first-order chi connectivity index (χ1) is 7.70. The molecule has 0 spiro atoms. The Labute approximate surface area is 103 Å². The predicted octanol–water partition coefficient (Wildman–Crippen LogP) is 2.12. The quantitative estimate of drug-likeness (QED) is 0.660. The second-order valence-corrected chi connectivity index (χ2v) is 4.87. The molecule has 17 heavy (non-hydrogen) atoms. The van der Waals surface area contributed by atoms with Gasteiger partial charge in [0.1, 0.15) is 0 Å². The lowest BCUT2D eigenvalue weighted by Gasteiger charge is -2.27. The van der Waals surface area contributed by atoms with Crippen molar-refractivity contribution in [2.75, 3.05) is 7.11 Å². The Morgan fingerprint density at radius 3 is 2.59 bits per heavy atom. The first-order valence-electron chi connectivity index (χ1n) is 4.25. The summed E-state index contributed by atoms with van der Waals surface area (Å²) in [5.74, 6) is -1.16. The van der Waals surface area contributed by atoms with E-state index in [2.05, 4.69) is 21.9 Å². The fourth-order valence-corrected chi connectivity index (χ4v) is 2.22. The fraction of sp³-hybridized carbons (Fsp3) is 0.500. The van der Waals surface area contributed by atoms with E-state index in [1.54, 1.807) is 0 Å². The van der Waals surface area contributed by atoms with Gasteiger partial charge in [-0.2, -0.15) is 13.2 Å². The van der Waals surface area contributed by atoms with Crippen molar-refractivity contribution in [3.8, 4) is 0 Å². The molecule has 0 amide bonds. The number of carbonyl (C=O) groups excluding carboxylic acids is 1. The van der Waals surface area contributed by atoms with Crippen molar-refractivity contribution in [2.45, 2.75) is 18.2 Å². The maximum absolute atomic E-state index is 12.8. The van der Waals surface area contributed by atoms with Gasteiger partial charge in [-0.15, -0.1) is 11.3 Å². The van der Waals surface area contributed by atoms with Gasteiger partial charge in [-0.1, -0.05) is 0 Å². The first kappa shape index (κ1) is 14.1. The van der Waals surface area contributed by atoms with E-state index in [0.717, 1.165) is 13.3 Å². The highest BCUT2D eigenvalue weighted by Crippen LogP contribution is 2.43. The van der Waals surface area contributed by atoms with Gasteiger partial charge in [0.25, 0.3) is 0 Å². The number of thiazole rings is 1. The summed E-state index contributed by atoms with van der Waals surface area (Å²) in [6, 6.07) is 0.